The number of fused-ring (bicyclic) bond motifs is 1. The van der Waals surface area contributed by atoms with Crippen LogP contribution < -0.4 is 0 Å². The number of methoxy groups -OCH3 is 1. The summed E-state index contributed by atoms with van der Waals surface area (Å²) in [5.41, 5.74) is 0.983. The average molecular weight is 279 g/mol. The molecule has 0 heterocycles. The average Bonchev–Trinajstić information content (AvgIpc) is 2.29. The second-order valence-electron chi connectivity index (χ2n) is 3.51. The van der Waals surface area contributed by atoms with Gasteiger partial charge >= 0.3 is 5.97 Å². The molecule has 0 atom stereocenters. The lowest BCUT2D eigenvalue weighted by Gasteiger charge is -2.07. The molecule has 0 N–H and O–H groups in total. The van der Waals surface area contributed by atoms with Crippen LogP contribution in [-0.4, -0.2) is 13.1 Å². The summed E-state index contributed by atoms with van der Waals surface area (Å²) in [5, 5.41) is 2.20. The van der Waals surface area contributed by atoms with Crippen molar-refractivity contribution in [1.82, 2.24) is 0 Å². The van der Waals surface area contributed by atoms with E-state index in [1.807, 2.05) is 36.4 Å². The van der Waals surface area contributed by atoms with E-state index in [1.165, 1.54) is 7.11 Å². The first-order chi connectivity index (χ1) is 7.72. The van der Waals surface area contributed by atoms with Crippen molar-refractivity contribution in [2.75, 3.05) is 7.11 Å². The number of ether oxygens (including phenoxy) is 1. The van der Waals surface area contributed by atoms with Gasteiger partial charge in [-0.1, -0.05) is 46.3 Å². The number of carbonyl (C=O) groups is 1. The fraction of sp³-hybridized carbons (Fsp3) is 0.154. The molecule has 0 unspecified atom stereocenters. The zero-order chi connectivity index (χ0) is 11.5. The summed E-state index contributed by atoms with van der Waals surface area (Å²) in [6, 6.07) is 11.9. The van der Waals surface area contributed by atoms with Crippen LogP contribution in [0.2, 0.25) is 0 Å². The Kier molecular flexibility index (Phi) is 3.25. The summed E-state index contributed by atoms with van der Waals surface area (Å²) in [4.78, 5) is 11.3. The highest BCUT2D eigenvalue weighted by atomic mass is 79.9. The minimum atomic E-state index is -0.219. The Morgan fingerprint density at radius 2 is 1.94 bits per heavy atom. The van der Waals surface area contributed by atoms with Crippen molar-refractivity contribution in [3.63, 3.8) is 0 Å². The molecule has 2 aromatic rings. The van der Waals surface area contributed by atoms with E-state index < -0.39 is 0 Å². The molecule has 0 fully saturated rings. The maximum atomic E-state index is 11.3. The summed E-state index contributed by atoms with van der Waals surface area (Å²) in [6.45, 7) is 0. The normalized spacial score (nSPS) is 10.4. The molecular formula is C13H11BrO2. The number of hydrogen-bond acceptors (Lipinski definition) is 2. The van der Waals surface area contributed by atoms with Crippen LogP contribution in [0, 0.1) is 0 Å². The molecule has 16 heavy (non-hydrogen) atoms. The van der Waals surface area contributed by atoms with Gasteiger partial charge in [0.15, 0.2) is 0 Å². The minimum Gasteiger partial charge on any atom is -0.469 e. The Balaban J connectivity index is 2.56. The van der Waals surface area contributed by atoms with Gasteiger partial charge < -0.3 is 4.74 Å². The molecular weight excluding hydrogens is 268 g/mol. The number of hydrogen-bond donors (Lipinski definition) is 0. The van der Waals surface area contributed by atoms with Crippen LogP contribution in [0.5, 0.6) is 0 Å². The third-order valence-electron chi connectivity index (χ3n) is 2.50. The second-order valence-corrected chi connectivity index (χ2v) is 4.36. The van der Waals surface area contributed by atoms with E-state index in [2.05, 4.69) is 20.7 Å². The van der Waals surface area contributed by atoms with Crippen molar-refractivity contribution in [3.8, 4) is 0 Å². The van der Waals surface area contributed by atoms with E-state index in [1.54, 1.807) is 0 Å². The third-order valence-corrected chi connectivity index (χ3v) is 3.16. The molecule has 0 aliphatic rings. The van der Waals surface area contributed by atoms with Crippen LogP contribution in [0.25, 0.3) is 10.8 Å². The van der Waals surface area contributed by atoms with Gasteiger partial charge in [0.1, 0.15) is 0 Å². The number of rotatable bonds is 2. The van der Waals surface area contributed by atoms with Crippen molar-refractivity contribution < 1.29 is 9.53 Å². The molecule has 0 saturated carbocycles. The van der Waals surface area contributed by atoms with Gasteiger partial charge in [-0.3, -0.25) is 4.79 Å². The van der Waals surface area contributed by atoms with E-state index in [-0.39, 0.29) is 5.97 Å². The van der Waals surface area contributed by atoms with Crippen molar-refractivity contribution in [1.29, 1.82) is 0 Å². The van der Waals surface area contributed by atoms with Gasteiger partial charge in [-0.05, 0) is 22.4 Å². The van der Waals surface area contributed by atoms with Gasteiger partial charge in [0.2, 0.25) is 0 Å². The zero-order valence-corrected chi connectivity index (χ0v) is 10.5. The van der Waals surface area contributed by atoms with Gasteiger partial charge in [-0.25, -0.2) is 0 Å². The predicted molar refractivity (Wildman–Crippen MR) is 67.4 cm³/mol. The summed E-state index contributed by atoms with van der Waals surface area (Å²) < 4.78 is 5.69. The molecule has 0 aliphatic heterocycles. The quantitative estimate of drug-likeness (QED) is 0.788. The Labute approximate surface area is 102 Å². The van der Waals surface area contributed by atoms with E-state index >= 15 is 0 Å². The molecule has 2 rings (SSSR count). The highest BCUT2D eigenvalue weighted by molar-refractivity contribution is 9.10. The van der Waals surface area contributed by atoms with E-state index in [4.69, 9.17) is 0 Å². The minimum absolute atomic E-state index is 0.219. The van der Waals surface area contributed by atoms with Crippen LogP contribution in [0.4, 0.5) is 0 Å². The lowest BCUT2D eigenvalue weighted by Crippen LogP contribution is -2.04. The topological polar surface area (TPSA) is 26.3 Å². The van der Waals surface area contributed by atoms with Crippen LogP contribution in [0.15, 0.2) is 40.9 Å². The molecule has 0 aliphatic carbocycles. The van der Waals surface area contributed by atoms with Gasteiger partial charge in [-0.2, -0.15) is 0 Å². The van der Waals surface area contributed by atoms with Crippen molar-refractivity contribution in [3.05, 3.63) is 46.4 Å². The van der Waals surface area contributed by atoms with Gasteiger partial charge in [-0.15, -0.1) is 0 Å². The first-order valence-corrected chi connectivity index (χ1v) is 5.74. The smallest absolute Gasteiger partial charge is 0.310 e. The largest absolute Gasteiger partial charge is 0.469 e. The van der Waals surface area contributed by atoms with Crippen LogP contribution in [0.3, 0.4) is 0 Å². The molecule has 0 amide bonds. The molecule has 2 aromatic carbocycles. The molecule has 3 heteroatoms. The molecule has 0 radical (unpaired) electrons. The molecule has 0 bridgehead atoms. The Hall–Kier alpha value is -1.35. The monoisotopic (exact) mass is 278 g/mol. The zero-order valence-electron chi connectivity index (χ0n) is 8.87. The summed E-state index contributed by atoms with van der Waals surface area (Å²) >= 11 is 3.51. The first kappa shape index (κ1) is 11.1. The first-order valence-electron chi connectivity index (χ1n) is 4.95. The number of benzene rings is 2. The summed E-state index contributed by atoms with van der Waals surface area (Å²) in [7, 11) is 1.41. The van der Waals surface area contributed by atoms with Crippen LogP contribution in [-0.2, 0) is 16.0 Å². The highest BCUT2D eigenvalue weighted by Gasteiger charge is 2.08. The lowest BCUT2D eigenvalue weighted by atomic mass is 10.0. The van der Waals surface area contributed by atoms with Crippen molar-refractivity contribution in [2.24, 2.45) is 0 Å². The maximum Gasteiger partial charge on any atom is 0.310 e. The maximum absolute atomic E-state index is 11.3. The summed E-state index contributed by atoms with van der Waals surface area (Å²) in [5.74, 6) is -0.219. The molecule has 82 valence electrons. The standard InChI is InChI=1S/C13H11BrO2/c1-16-12(15)8-10-6-2-4-9-5-3-7-11(14)13(9)10/h2-7H,8H2,1H3. The molecule has 0 saturated heterocycles. The number of halogens is 1. The molecule has 0 spiro atoms. The van der Waals surface area contributed by atoms with E-state index in [9.17, 15) is 4.79 Å². The number of esters is 1. The fourth-order valence-electron chi connectivity index (χ4n) is 1.74. The second kappa shape index (κ2) is 4.66. The Bertz CT molecular complexity index is 529. The number of carbonyl (C=O) groups excluding carboxylic acids is 1. The van der Waals surface area contributed by atoms with Gasteiger partial charge in [0, 0.05) is 4.47 Å². The SMILES string of the molecule is COC(=O)Cc1cccc2cccc(Br)c12. The third kappa shape index (κ3) is 2.09. The van der Waals surface area contributed by atoms with Gasteiger partial charge in [0.05, 0.1) is 13.5 Å². The Morgan fingerprint density at radius 3 is 2.62 bits per heavy atom. The van der Waals surface area contributed by atoms with E-state index in [0.717, 1.165) is 20.8 Å². The van der Waals surface area contributed by atoms with E-state index in [0.29, 0.717) is 6.42 Å². The van der Waals surface area contributed by atoms with Crippen molar-refractivity contribution in [2.45, 2.75) is 6.42 Å². The van der Waals surface area contributed by atoms with Crippen LogP contribution in [0.1, 0.15) is 5.56 Å². The van der Waals surface area contributed by atoms with Crippen LogP contribution >= 0.6 is 15.9 Å². The molecule has 0 aromatic heterocycles. The lowest BCUT2D eigenvalue weighted by molar-refractivity contribution is -0.139. The summed E-state index contributed by atoms with van der Waals surface area (Å²) in [6.07, 6.45) is 0.302. The van der Waals surface area contributed by atoms with Crippen molar-refractivity contribution >= 4 is 32.7 Å². The highest BCUT2D eigenvalue weighted by Crippen LogP contribution is 2.27. The van der Waals surface area contributed by atoms with Gasteiger partial charge in [0.25, 0.3) is 0 Å². The predicted octanol–water partition coefficient (Wildman–Crippen LogP) is 3.32. The molecule has 2 nitrogen and oxygen atoms in total. The Morgan fingerprint density at radius 1 is 1.25 bits per heavy atom. The fourth-order valence-corrected chi connectivity index (χ4v) is 2.38.